The van der Waals surface area contributed by atoms with Gasteiger partial charge >= 0.3 is 0 Å². The quantitative estimate of drug-likeness (QED) is 0.897. The summed E-state index contributed by atoms with van der Waals surface area (Å²) in [7, 11) is 2.17. The molecule has 2 fully saturated rings. The predicted molar refractivity (Wildman–Crippen MR) is 80.7 cm³/mol. The molecule has 1 aromatic heterocycles. The molecule has 2 atom stereocenters. The highest BCUT2D eigenvalue weighted by Crippen LogP contribution is 2.31. The summed E-state index contributed by atoms with van der Waals surface area (Å²) in [6.45, 7) is 3.92. The molecule has 1 N–H and O–H groups in total. The van der Waals surface area contributed by atoms with Gasteiger partial charge < -0.3 is 9.80 Å². The Bertz CT molecular complexity index is 515. The number of amides is 1. The van der Waals surface area contributed by atoms with Crippen LogP contribution in [0.5, 0.6) is 0 Å². The van der Waals surface area contributed by atoms with E-state index in [1.807, 2.05) is 11.8 Å². The molecule has 5 nitrogen and oxygen atoms in total. The van der Waals surface area contributed by atoms with Crippen LogP contribution in [0.1, 0.15) is 41.9 Å². The Morgan fingerprint density at radius 2 is 2.00 bits per heavy atom. The summed E-state index contributed by atoms with van der Waals surface area (Å²) in [6, 6.07) is 0.860. The highest BCUT2D eigenvalue weighted by atomic mass is 79.9. The van der Waals surface area contributed by atoms with E-state index in [1.165, 1.54) is 12.8 Å². The van der Waals surface area contributed by atoms with Gasteiger partial charge in [0.15, 0.2) is 5.69 Å². The second-order valence-corrected chi connectivity index (χ2v) is 6.70. The molecule has 3 heterocycles. The van der Waals surface area contributed by atoms with Gasteiger partial charge in [0.05, 0.1) is 4.47 Å². The Labute approximate surface area is 127 Å². The first-order valence-corrected chi connectivity index (χ1v) is 8.10. The molecule has 0 bridgehead atoms. The fourth-order valence-corrected chi connectivity index (χ4v) is 3.91. The number of carbonyl (C=O) groups is 1. The maximum absolute atomic E-state index is 12.7. The molecule has 2 aliphatic heterocycles. The molecule has 20 heavy (non-hydrogen) atoms. The van der Waals surface area contributed by atoms with Crippen molar-refractivity contribution in [3.8, 4) is 0 Å². The Kier molecular flexibility index (Phi) is 3.86. The van der Waals surface area contributed by atoms with Crippen molar-refractivity contribution in [2.45, 2.75) is 44.7 Å². The molecule has 110 valence electrons. The smallest absolute Gasteiger partial charge is 0.275 e. The highest BCUT2D eigenvalue weighted by molar-refractivity contribution is 9.10. The van der Waals surface area contributed by atoms with Gasteiger partial charge in [0.1, 0.15) is 0 Å². The summed E-state index contributed by atoms with van der Waals surface area (Å²) >= 11 is 3.46. The van der Waals surface area contributed by atoms with Gasteiger partial charge in [-0.2, -0.15) is 5.10 Å². The predicted octanol–water partition coefficient (Wildman–Crippen LogP) is 2.18. The van der Waals surface area contributed by atoms with Crippen molar-refractivity contribution >= 4 is 21.8 Å². The number of aromatic amines is 1. The summed E-state index contributed by atoms with van der Waals surface area (Å²) in [5, 5.41) is 7.04. The summed E-state index contributed by atoms with van der Waals surface area (Å²) in [5.74, 6) is 0.0593. The number of carbonyl (C=O) groups excluding carboxylic acids is 1. The van der Waals surface area contributed by atoms with Crippen LogP contribution in [0.25, 0.3) is 0 Å². The van der Waals surface area contributed by atoms with Gasteiger partial charge in [0.25, 0.3) is 5.91 Å². The SMILES string of the molecule is Cc1[nH]nc(C(=O)N2CCC[C@H]2[C@H]2CCCN2C)c1Br. The van der Waals surface area contributed by atoms with Crippen molar-refractivity contribution in [3.05, 3.63) is 15.9 Å². The number of hydrogen-bond acceptors (Lipinski definition) is 3. The number of likely N-dealkylation sites (N-methyl/N-ethyl adjacent to an activating group) is 1. The van der Waals surface area contributed by atoms with E-state index in [-0.39, 0.29) is 5.91 Å². The first-order chi connectivity index (χ1) is 9.59. The third-order valence-electron chi connectivity index (χ3n) is 4.66. The Morgan fingerprint density at radius 1 is 1.30 bits per heavy atom. The second-order valence-electron chi connectivity index (χ2n) is 5.91. The van der Waals surface area contributed by atoms with Crippen LogP contribution in [0.15, 0.2) is 4.47 Å². The number of rotatable bonds is 2. The summed E-state index contributed by atoms with van der Waals surface area (Å²) < 4.78 is 0.799. The number of halogens is 1. The van der Waals surface area contributed by atoms with Crippen LogP contribution in [0.4, 0.5) is 0 Å². The zero-order valence-corrected chi connectivity index (χ0v) is 13.6. The van der Waals surface area contributed by atoms with Crippen LogP contribution in [-0.4, -0.2) is 58.1 Å². The van der Waals surface area contributed by atoms with E-state index in [2.05, 4.69) is 38.1 Å². The molecule has 3 rings (SSSR count). The fraction of sp³-hybridized carbons (Fsp3) is 0.714. The molecular formula is C14H21BrN4O. The number of likely N-dealkylation sites (tertiary alicyclic amines) is 2. The normalized spacial score (nSPS) is 27.4. The molecule has 2 saturated heterocycles. The number of nitrogens with zero attached hydrogens (tertiary/aromatic N) is 3. The fourth-order valence-electron chi connectivity index (χ4n) is 3.56. The number of aryl methyl sites for hydroxylation is 1. The minimum atomic E-state index is 0.0593. The summed E-state index contributed by atoms with van der Waals surface area (Å²) in [4.78, 5) is 17.2. The van der Waals surface area contributed by atoms with Crippen LogP contribution in [-0.2, 0) is 0 Å². The molecule has 2 aliphatic rings. The van der Waals surface area contributed by atoms with Gasteiger partial charge in [0.2, 0.25) is 0 Å². The van der Waals surface area contributed by atoms with Crippen molar-refractivity contribution in [3.63, 3.8) is 0 Å². The standard InChI is InChI=1S/C14H21BrN4O/c1-9-12(15)13(17-16-9)14(20)19-8-4-6-11(19)10-5-3-7-18(10)2/h10-11H,3-8H2,1-2H3,(H,16,17)/t10-,11+/m1/s1. The molecule has 0 unspecified atom stereocenters. The van der Waals surface area contributed by atoms with Crippen molar-refractivity contribution in [1.82, 2.24) is 20.0 Å². The van der Waals surface area contributed by atoms with Gasteiger partial charge in [0, 0.05) is 24.3 Å². The zero-order chi connectivity index (χ0) is 14.3. The minimum Gasteiger partial charge on any atom is -0.333 e. The second kappa shape index (κ2) is 5.48. The molecule has 0 aromatic carbocycles. The van der Waals surface area contributed by atoms with E-state index >= 15 is 0 Å². The third-order valence-corrected chi connectivity index (χ3v) is 5.63. The lowest BCUT2D eigenvalue weighted by atomic mass is 10.0. The van der Waals surface area contributed by atoms with E-state index in [4.69, 9.17) is 0 Å². The molecular weight excluding hydrogens is 320 g/mol. The van der Waals surface area contributed by atoms with Gasteiger partial charge in [-0.3, -0.25) is 9.89 Å². The summed E-state index contributed by atoms with van der Waals surface area (Å²) in [6.07, 6.45) is 4.65. The highest BCUT2D eigenvalue weighted by Gasteiger charge is 2.39. The zero-order valence-electron chi connectivity index (χ0n) is 12.0. The maximum Gasteiger partial charge on any atom is 0.275 e. The average molecular weight is 341 g/mol. The maximum atomic E-state index is 12.7. The largest absolute Gasteiger partial charge is 0.333 e. The number of aromatic nitrogens is 2. The summed E-state index contributed by atoms with van der Waals surface area (Å²) in [5.41, 5.74) is 1.43. The van der Waals surface area contributed by atoms with Crippen LogP contribution < -0.4 is 0 Å². The first kappa shape index (κ1) is 14.1. The van der Waals surface area contributed by atoms with Crippen LogP contribution >= 0.6 is 15.9 Å². The van der Waals surface area contributed by atoms with Crippen molar-refractivity contribution in [1.29, 1.82) is 0 Å². The lowest BCUT2D eigenvalue weighted by Gasteiger charge is -2.32. The molecule has 1 amide bonds. The Hall–Kier alpha value is -0.880. The van der Waals surface area contributed by atoms with Gasteiger partial charge in [-0.15, -0.1) is 0 Å². The third kappa shape index (κ3) is 2.29. The Balaban J connectivity index is 1.81. The number of H-pyrrole nitrogens is 1. The average Bonchev–Trinajstić information content (AvgIpc) is 3.11. The minimum absolute atomic E-state index is 0.0593. The van der Waals surface area contributed by atoms with Crippen LogP contribution in [0.2, 0.25) is 0 Å². The molecule has 0 saturated carbocycles. The number of nitrogens with one attached hydrogen (secondary N) is 1. The van der Waals surface area contributed by atoms with Crippen molar-refractivity contribution in [2.24, 2.45) is 0 Å². The van der Waals surface area contributed by atoms with Crippen LogP contribution in [0, 0.1) is 6.92 Å². The molecule has 6 heteroatoms. The first-order valence-electron chi connectivity index (χ1n) is 7.31. The van der Waals surface area contributed by atoms with Gasteiger partial charge in [-0.1, -0.05) is 0 Å². The van der Waals surface area contributed by atoms with E-state index in [1.54, 1.807) is 0 Å². The lowest BCUT2D eigenvalue weighted by Crippen LogP contribution is -2.47. The lowest BCUT2D eigenvalue weighted by molar-refractivity contribution is 0.0657. The van der Waals surface area contributed by atoms with Crippen molar-refractivity contribution in [2.75, 3.05) is 20.1 Å². The van der Waals surface area contributed by atoms with E-state index in [9.17, 15) is 4.79 Å². The van der Waals surface area contributed by atoms with Crippen molar-refractivity contribution < 1.29 is 4.79 Å². The van der Waals surface area contributed by atoms with E-state index in [0.717, 1.165) is 36.1 Å². The van der Waals surface area contributed by atoms with E-state index in [0.29, 0.717) is 17.8 Å². The number of hydrogen-bond donors (Lipinski definition) is 1. The van der Waals surface area contributed by atoms with Gasteiger partial charge in [-0.05, 0) is 62.1 Å². The topological polar surface area (TPSA) is 52.2 Å². The molecule has 0 radical (unpaired) electrons. The molecule has 0 spiro atoms. The molecule has 0 aliphatic carbocycles. The van der Waals surface area contributed by atoms with Crippen LogP contribution in [0.3, 0.4) is 0 Å². The monoisotopic (exact) mass is 340 g/mol. The molecule has 1 aromatic rings. The Morgan fingerprint density at radius 3 is 2.60 bits per heavy atom. The van der Waals surface area contributed by atoms with Gasteiger partial charge in [-0.25, -0.2) is 0 Å². The van der Waals surface area contributed by atoms with E-state index < -0.39 is 0 Å².